The Morgan fingerprint density at radius 3 is 2.52 bits per heavy atom. The van der Waals surface area contributed by atoms with Crippen molar-refractivity contribution in [1.29, 1.82) is 5.26 Å². The number of nitrogens with zero attached hydrogens (tertiary/aromatic N) is 5. The van der Waals surface area contributed by atoms with Crippen molar-refractivity contribution >= 4 is 50.8 Å². The third-order valence-electron chi connectivity index (χ3n) is 8.00. The molecule has 15 heteroatoms. The van der Waals surface area contributed by atoms with E-state index in [4.69, 9.17) is 11.6 Å². The van der Waals surface area contributed by atoms with Crippen LogP contribution in [0.1, 0.15) is 55.8 Å². The zero-order chi connectivity index (χ0) is 33.2. The van der Waals surface area contributed by atoms with Crippen molar-refractivity contribution in [1.82, 2.24) is 15.3 Å². The molecule has 3 amide bonds. The minimum atomic E-state index is -3.78. The van der Waals surface area contributed by atoms with Crippen LogP contribution in [-0.2, 0) is 24.2 Å². The number of carbonyl (C=O) groups is 3. The predicted octanol–water partition coefficient (Wildman–Crippen LogP) is 4.37. The van der Waals surface area contributed by atoms with Gasteiger partial charge in [0.25, 0.3) is 5.91 Å². The molecule has 2 atom stereocenters. The average molecular weight is 671 g/mol. The molecule has 0 unspecified atom stereocenters. The maximum absolute atomic E-state index is 14.7. The van der Waals surface area contributed by atoms with Crippen LogP contribution in [0.15, 0.2) is 65.7 Å². The van der Waals surface area contributed by atoms with Crippen LogP contribution in [0.4, 0.5) is 20.4 Å². The van der Waals surface area contributed by atoms with Crippen LogP contribution in [0, 0.1) is 11.3 Å². The van der Waals surface area contributed by atoms with Crippen LogP contribution >= 0.6 is 11.6 Å². The number of sulfone groups is 1. The second-order valence-corrected chi connectivity index (χ2v) is 13.6. The maximum atomic E-state index is 14.7. The zero-order valence-electron chi connectivity index (χ0n) is 24.6. The molecule has 5 rings (SSSR count). The number of amides is 3. The molecule has 0 bridgehead atoms. The fraction of sp³-hybridized carbons (Fsp3) is 0.355. The van der Waals surface area contributed by atoms with Crippen molar-refractivity contribution in [3.63, 3.8) is 0 Å². The molecule has 46 heavy (non-hydrogen) atoms. The number of hydrogen-bond acceptors (Lipinski definition) is 8. The number of halogens is 3. The molecule has 2 fully saturated rings. The maximum Gasteiger partial charge on any atom is 0.251 e. The summed E-state index contributed by atoms with van der Waals surface area (Å²) in [6.07, 6.45) is 1.35. The molecule has 1 N–H and O–H groups in total. The van der Waals surface area contributed by atoms with Gasteiger partial charge < -0.3 is 5.32 Å². The van der Waals surface area contributed by atoms with Gasteiger partial charge in [0.2, 0.25) is 23.7 Å². The number of aromatic nitrogens is 2. The normalized spacial score (nSPS) is 18.9. The van der Waals surface area contributed by atoms with Gasteiger partial charge in [0.1, 0.15) is 23.8 Å². The molecule has 2 aromatic carbocycles. The number of alkyl halides is 2. The molecule has 11 nitrogen and oxygen atoms in total. The molecule has 2 aliphatic rings. The van der Waals surface area contributed by atoms with Gasteiger partial charge in [-0.1, -0.05) is 35.9 Å². The molecule has 240 valence electrons. The molecule has 0 spiro atoms. The fourth-order valence-electron chi connectivity index (χ4n) is 5.68. The highest BCUT2D eigenvalue weighted by molar-refractivity contribution is 7.90. The summed E-state index contributed by atoms with van der Waals surface area (Å²) in [5.41, 5.74) is 0.147. The lowest BCUT2D eigenvalue weighted by Crippen LogP contribution is -2.53. The Morgan fingerprint density at radius 2 is 1.85 bits per heavy atom. The minimum absolute atomic E-state index is 0.00294. The van der Waals surface area contributed by atoms with Crippen molar-refractivity contribution in [3.05, 3.63) is 77.1 Å². The van der Waals surface area contributed by atoms with Crippen LogP contribution in [0.3, 0.4) is 0 Å². The van der Waals surface area contributed by atoms with Crippen molar-refractivity contribution in [2.24, 2.45) is 0 Å². The number of hydrogen-bond donors (Lipinski definition) is 1. The smallest absolute Gasteiger partial charge is 0.251 e. The van der Waals surface area contributed by atoms with Gasteiger partial charge in [0.15, 0.2) is 9.84 Å². The zero-order valence-corrected chi connectivity index (χ0v) is 26.1. The molecule has 1 saturated heterocycles. The van der Waals surface area contributed by atoms with Gasteiger partial charge >= 0.3 is 0 Å². The average Bonchev–Trinajstić information content (AvgIpc) is 3.42. The number of nitrogens with one attached hydrogen (secondary N) is 1. The van der Waals surface area contributed by atoms with E-state index >= 15 is 0 Å². The van der Waals surface area contributed by atoms with E-state index in [-0.39, 0.29) is 58.5 Å². The molecule has 1 aliphatic carbocycles. The minimum Gasteiger partial charge on any atom is -0.351 e. The topological polar surface area (TPSA) is 153 Å². The lowest BCUT2D eigenvalue weighted by molar-refractivity contribution is -0.128. The Hall–Kier alpha value is -4.48. The Kier molecular flexibility index (Phi) is 9.37. The second-order valence-electron chi connectivity index (χ2n) is 11.2. The SMILES string of the molecule is CS(=O)(=O)c1cccc(N(C(=O)[C@@H]2CCC(=O)N2c2nccc(C#N)n2)[C@H](C(=O)NC2CCC(F)(F)CC2)c2ccccc2Cl)c1. The Morgan fingerprint density at radius 1 is 1.13 bits per heavy atom. The Bertz CT molecular complexity index is 1830. The summed E-state index contributed by atoms with van der Waals surface area (Å²) in [4.78, 5) is 52.3. The fourth-order valence-corrected chi connectivity index (χ4v) is 6.58. The summed E-state index contributed by atoms with van der Waals surface area (Å²) < 4.78 is 52.9. The molecule has 0 radical (unpaired) electrons. The number of carbonyl (C=O) groups excluding carboxylic acids is 3. The molecule has 3 aromatic rings. The third-order valence-corrected chi connectivity index (χ3v) is 9.46. The van der Waals surface area contributed by atoms with Crippen LogP contribution in [0.25, 0.3) is 0 Å². The quantitative estimate of drug-likeness (QED) is 0.371. The third kappa shape index (κ3) is 7.00. The largest absolute Gasteiger partial charge is 0.351 e. The molecule has 1 aliphatic heterocycles. The van der Waals surface area contributed by atoms with Gasteiger partial charge in [0.05, 0.1) is 4.90 Å². The van der Waals surface area contributed by atoms with Crippen LogP contribution in [-0.4, -0.2) is 60.4 Å². The van der Waals surface area contributed by atoms with Crippen molar-refractivity contribution in [2.45, 2.75) is 67.5 Å². The summed E-state index contributed by atoms with van der Waals surface area (Å²) in [5.74, 6) is -5.05. The van der Waals surface area contributed by atoms with E-state index < -0.39 is 64.4 Å². The highest BCUT2D eigenvalue weighted by Gasteiger charge is 2.45. The van der Waals surface area contributed by atoms with E-state index in [2.05, 4.69) is 15.3 Å². The first-order valence-corrected chi connectivity index (χ1v) is 16.7. The molecular formula is C31H29ClF2N6O5S. The van der Waals surface area contributed by atoms with E-state index in [0.29, 0.717) is 0 Å². The van der Waals surface area contributed by atoms with E-state index in [1.165, 1.54) is 48.7 Å². The van der Waals surface area contributed by atoms with Crippen molar-refractivity contribution < 1.29 is 31.6 Å². The van der Waals surface area contributed by atoms with Gasteiger partial charge in [-0.05, 0) is 49.6 Å². The van der Waals surface area contributed by atoms with Gasteiger partial charge in [-0.2, -0.15) is 5.26 Å². The molecular weight excluding hydrogens is 642 g/mol. The van der Waals surface area contributed by atoms with Crippen molar-refractivity contribution in [3.8, 4) is 6.07 Å². The highest BCUT2D eigenvalue weighted by atomic mass is 35.5. The van der Waals surface area contributed by atoms with E-state index in [1.54, 1.807) is 12.1 Å². The van der Waals surface area contributed by atoms with Gasteiger partial charge in [-0.3, -0.25) is 24.2 Å². The second kappa shape index (κ2) is 13.1. The number of nitriles is 1. The summed E-state index contributed by atoms with van der Waals surface area (Å²) in [5, 5.41) is 12.3. The first-order valence-electron chi connectivity index (χ1n) is 14.4. The molecule has 1 saturated carbocycles. The summed E-state index contributed by atoms with van der Waals surface area (Å²) in [6.45, 7) is 0. The first kappa shape index (κ1) is 32.9. The molecule has 1 aromatic heterocycles. The van der Waals surface area contributed by atoms with Crippen LogP contribution in [0.2, 0.25) is 5.02 Å². The Balaban J connectivity index is 1.65. The van der Waals surface area contributed by atoms with Crippen LogP contribution in [0.5, 0.6) is 0 Å². The van der Waals surface area contributed by atoms with Gasteiger partial charge in [-0.25, -0.2) is 27.2 Å². The van der Waals surface area contributed by atoms with E-state index in [9.17, 15) is 36.8 Å². The van der Waals surface area contributed by atoms with Crippen LogP contribution < -0.4 is 15.1 Å². The molecule has 2 heterocycles. The first-order chi connectivity index (χ1) is 21.8. The number of rotatable bonds is 8. The van der Waals surface area contributed by atoms with E-state index in [1.807, 2.05) is 6.07 Å². The monoisotopic (exact) mass is 670 g/mol. The number of benzene rings is 2. The van der Waals surface area contributed by atoms with Gasteiger partial charge in [0, 0.05) is 54.0 Å². The summed E-state index contributed by atoms with van der Waals surface area (Å²) in [6, 6.07) is 11.5. The van der Waals surface area contributed by atoms with Gasteiger partial charge in [-0.15, -0.1) is 0 Å². The van der Waals surface area contributed by atoms with Crippen molar-refractivity contribution in [2.75, 3.05) is 16.1 Å². The summed E-state index contributed by atoms with van der Waals surface area (Å²) in [7, 11) is -3.78. The number of anilines is 2. The predicted molar refractivity (Wildman–Crippen MR) is 164 cm³/mol. The standard InChI is InChI=1S/C31H29ClF2N6O5S/c1-46(44,45)22-6-4-5-21(17-22)39(29(43)25-9-10-26(41)40(25)30-36-16-13-20(18-35)38-30)27(23-7-2-3-8-24(23)32)28(42)37-19-11-14-31(33,34)15-12-19/h2-8,13,16-17,19,25,27H,9-12,14-15H2,1H3,(H,37,42)/t25-,27-/m0/s1. The lowest BCUT2D eigenvalue weighted by Gasteiger charge is -2.37. The lowest BCUT2D eigenvalue weighted by atomic mass is 9.91. The Labute approximate surface area is 269 Å². The highest BCUT2D eigenvalue weighted by Crippen LogP contribution is 2.38. The summed E-state index contributed by atoms with van der Waals surface area (Å²) >= 11 is 6.60. The van der Waals surface area contributed by atoms with E-state index in [0.717, 1.165) is 16.1 Å².